The van der Waals surface area contributed by atoms with Crippen molar-refractivity contribution in [2.24, 2.45) is 5.92 Å². The highest BCUT2D eigenvalue weighted by Crippen LogP contribution is 2.43. The molecule has 2 aliphatic rings. The molecule has 30 heavy (non-hydrogen) atoms. The highest BCUT2D eigenvalue weighted by molar-refractivity contribution is 6.31. The Labute approximate surface area is 186 Å². The van der Waals surface area contributed by atoms with Crippen LogP contribution in [0, 0.1) is 5.92 Å². The first-order valence-electron chi connectivity index (χ1n) is 10.5. The van der Waals surface area contributed by atoms with Crippen LogP contribution in [0.25, 0.3) is 0 Å². The van der Waals surface area contributed by atoms with Crippen molar-refractivity contribution in [3.05, 3.63) is 69.7 Å². The summed E-state index contributed by atoms with van der Waals surface area (Å²) in [5, 5.41) is 11.0. The maximum atomic E-state index is 13.5. The van der Waals surface area contributed by atoms with E-state index in [9.17, 15) is 14.7 Å². The predicted octanol–water partition coefficient (Wildman–Crippen LogP) is 6.08. The Morgan fingerprint density at radius 2 is 1.53 bits per heavy atom. The van der Waals surface area contributed by atoms with Gasteiger partial charge in [0.1, 0.15) is 6.04 Å². The average molecular weight is 446 g/mol. The quantitative estimate of drug-likeness (QED) is 0.619. The van der Waals surface area contributed by atoms with Crippen molar-refractivity contribution in [2.45, 2.75) is 56.5 Å². The number of amides is 1. The van der Waals surface area contributed by atoms with Crippen LogP contribution in [0.5, 0.6) is 0 Å². The van der Waals surface area contributed by atoms with Gasteiger partial charge in [0.05, 0.1) is 6.04 Å². The molecule has 1 aliphatic heterocycles. The van der Waals surface area contributed by atoms with Gasteiger partial charge in [0.2, 0.25) is 5.91 Å². The first kappa shape index (κ1) is 21.2. The van der Waals surface area contributed by atoms with E-state index >= 15 is 0 Å². The minimum absolute atomic E-state index is 0.0422. The number of carboxylic acid groups (broad SMARTS) is 1. The number of carboxylic acids is 1. The molecule has 2 aromatic rings. The zero-order chi connectivity index (χ0) is 21.3. The van der Waals surface area contributed by atoms with E-state index in [-0.39, 0.29) is 17.9 Å². The third-order valence-corrected chi connectivity index (χ3v) is 7.20. The summed E-state index contributed by atoms with van der Waals surface area (Å²) in [6.45, 7) is 0. The predicted molar refractivity (Wildman–Crippen MR) is 118 cm³/mol. The molecule has 1 N–H and O–H groups in total. The summed E-state index contributed by atoms with van der Waals surface area (Å²) in [5.41, 5.74) is 2.09. The van der Waals surface area contributed by atoms with Gasteiger partial charge in [-0.1, -0.05) is 53.5 Å². The van der Waals surface area contributed by atoms with Gasteiger partial charge >= 0.3 is 5.97 Å². The fourth-order valence-electron chi connectivity index (χ4n) is 5.03. The molecule has 2 fully saturated rings. The van der Waals surface area contributed by atoms with Crippen LogP contribution in [0.4, 0.5) is 0 Å². The van der Waals surface area contributed by atoms with Crippen molar-refractivity contribution < 1.29 is 14.7 Å². The third kappa shape index (κ3) is 4.21. The van der Waals surface area contributed by atoms with E-state index < -0.39 is 12.0 Å². The number of benzene rings is 2. The molecule has 0 bridgehead atoms. The molecule has 1 amide bonds. The molecule has 2 aromatic carbocycles. The van der Waals surface area contributed by atoms with Gasteiger partial charge in [0, 0.05) is 16.0 Å². The largest absolute Gasteiger partial charge is 0.480 e. The second-order valence-electron chi connectivity index (χ2n) is 8.31. The number of carbonyl (C=O) groups excluding carboxylic acids is 1. The second-order valence-corrected chi connectivity index (χ2v) is 9.16. The number of nitrogens with zero attached hydrogens (tertiary/aromatic N) is 1. The topological polar surface area (TPSA) is 57.6 Å². The van der Waals surface area contributed by atoms with Gasteiger partial charge in [-0.05, 0) is 73.8 Å². The van der Waals surface area contributed by atoms with Crippen LogP contribution >= 0.6 is 23.2 Å². The maximum absolute atomic E-state index is 13.5. The van der Waals surface area contributed by atoms with E-state index in [2.05, 4.69) is 12.1 Å². The molecule has 1 saturated heterocycles. The van der Waals surface area contributed by atoms with Crippen LogP contribution in [-0.4, -0.2) is 27.9 Å². The Balaban J connectivity index is 1.50. The molecule has 2 atom stereocenters. The molecule has 4 nitrogen and oxygen atoms in total. The third-order valence-electron chi connectivity index (χ3n) is 6.61. The van der Waals surface area contributed by atoms with Crippen LogP contribution in [0.1, 0.15) is 61.6 Å². The molecule has 1 heterocycles. The number of carbonyl (C=O) groups is 2. The molecule has 0 radical (unpaired) electrons. The maximum Gasteiger partial charge on any atom is 0.326 e. The van der Waals surface area contributed by atoms with Crippen molar-refractivity contribution in [3.8, 4) is 0 Å². The molecule has 4 rings (SSSR count). The molecular formula is C24H25Cl2NO3. The summed E-state index contributed by atoms with van der Waals surface area (Å²) in [4.78, 5) is 27.0. The first-order chi connectivity index (χ1) is 14.5. The van der Waals surface area contributed by atoms with E-state index in [1.54, 1.807) is 11.0 Å². The monoisotopic (exact) mass is 445 g/mol. The Morgan fingerprint density at radius 3 is 2.17 bits per heavy atom. The summed E-state index contributed by atoms with van der Waals surface area (Å²) in [6, 6.07) is 14.3. The van der Waals surface area contributed by atoms with Crippen molar-refractivity contribution >= 4 is 35.1 Å². The Hall–Kier alpha value is -2.04. The number of halogens is 2. The smallest absolute Gasteiger partial charge is 0.326 e. The molecule has 158 valence electrons. The fourth-order valence-corrected chi connectivity index (χ4v) is 5.42. The standard InChI is InChI=1S/C24H25Cl2NO3/c25-18-11-9-16(10-12-18)15-5-7-17(8-6-15)23(28)27-21(13-14-22(27)24(29)30)19-3-1-2-4-20(19)26/h1-4,9-12,15,17,21-22H,5-8,13-14H2,(H,29,30)/t15?,17?,21-,22+/m1/s1. The van der Waals surface area contributed by atoms with Crippen molar-refractivity contribution in [1.82, 2.24) is 4.90 Å². The lowest BCUT2D eigenvalue weighted by atomic mass is 9.78. The van der Waals surface area contributed by atoms with Gasteiger partial charge in [-0.3, -0.25) is 4.79 Å². The molecule has 0 aromatic heterocycles. The summed E-state index contributed by atoms with van der Waals surface area (Å²) in [6.07, 6.45) is 4.44. The normalized spacial score (nSPS) is 26.5. The van der Waals surface area contributed by atoms with Crippen LogP contribution < -0.4 is 0 Å². The molecule has 0 spiro atoms. The minimum atomic E-state index is -0.937. The van der Waals surface area contributed by atoms with E-state index in [1.165, 1.54) is 5.56 Å². The van der Waals surface area contributed by atoms with Crippen LogP contribution in [0.15, 0.2) is 48.5 Å². The van der Waals surface area contributed by atoms with Gasteiger partial charge in [0.25, 0.3) is 0 Å². The lowest BCUT2D eigenvalue weighted by Crippen LogP contribution is -2.45. The SMILES string of the molecule is O=C(O)[C@@H]1CC[C@H](c2ccccc2Cl)N1C(=O)C1CCC(c2ccc(Cl)cc2)CC1. The average Bonchev–Trinajstić information content (AvgIpc) is 3.19. The zero-order valence-corrected chi connectivity index (χ0v) is 18.1. The van der Waals surface area contributed by atoms with Gasteiger partial charge in [0.15, 0.2) is 0 Å². The fraction of sp³-hybridized carbons (Fsp3) is 0.417. The second kappa shape index (κ2) is 8.99. The van der Waals surface area contributed by atoms with E-state index in [1.807, 2.05) is 30.3 Å². The Bertz CT molecular complexity index is 922. The van der Waals surface area contributed by atoms with Gasteiger partial charge in [-0.25, -0.2) is 4.79 Å². The van der Waals surface area contributed by atoms with Crippen LogP contribution in [0.3, 0.4) is 0 Å². The molecule has 1 aliphatic carbocycles. The van der Waals surface area contributed by atoms with Crippen molar-refractivity contribution in [3.63, 3.8) is 0 Å². The highest BCUT2D eigenvalue weighted by Gasteiger charge is 2.44. The van der Waals surface area contributed by atoms with Crippen LogP contribution in [-0.2, 0) is 9.59 Å². The minimum Gasteiger partial charge on any atom is -0.480 e. The summed E-state index contributed by atoms with van der Waals surface area (Å²) >= 11 is 12.4. The number of rotatable bonds is 4. The van der Waals surface area contributed by atoms with Gasteiger partial charge in [-0.2, -0.15) is 0 Å². The number of hydrogen-bond acceptors (Lipinski definition) is 2. The molecule has 1 saturated carbocycles. The number of hydrogen-bond donors (Lipinski definition) is 1. The zero-order valence-electron chi connectivity index (χ0n) is 16.6. The van der Waals surface area contributed by atoms with E-state index in [4.69, 9.17) is 23.2 Å². The van der Waals surface area contributed by atoms with Crippen molar-refractivity contribution in [1.29, 1.82) is 0 Å². The highest BCUT2D eigenvalue weighted by atomic mass is 35.5. The summed E-state index contributed by atoms with van der Waals surface area (Å²) < 4.78 is 0. The summed E-state index contributed by atoms with van der Waals surface area (Å²) in [7, 11) is 0. The van der Waals surface area contributed by atoms with E-state index in [0.29, 0.717) is 23.8 Å². The molecule has 6 heteroatoms. The van der Waals surface area contributed by atoms with Crippen LogP contribution in [0.2, 0.25) is 10.0 Å². The number of likely N-dealkylation sites (tertiary alicyclic amines) is 1. The molecule has 0 unspecified atom stereocenters. The molecular weight excluding hydrogens is 421 g/mol. The Morgan fingerprint density at radius 1 is 0.867 bits per heavy atom. The van der Waals surface area contributed by atoms with Gasteiger partial charge in [-0.15, -0.1) is 0 Å². The van der Waals surface area contributed by atoms with Crippen molar-refractivity contribution in [2.75, 3.05) is 0 Å². The first-order valence-corrected chi connectivity index (χ1v) is 11.3. The lowest BCUT2D eigenvalue weighted by molar-refractivity contribution is -0.152. The Kier molecular flexibility index (Phi) is 6.35. The lowest BCUT2D eigenvalue weighted by Gasteiger charge is -2.35. The van der Waals surface area contributed by atoms with Gasteiger partial charge < -0.3 is 10.0 Å². The van der Waals surface area contributed by atoms with E-state index in [0.717, 1.165) is 36.3 Å². The summed E-state index contributed by atoms with van der Waals surface area (Å²) in [5.74, 6) is -0.704. The number of aliphatic carboxylic acids is 1.